The first-order valence-corrected chi connectivity index (χ1v) is 8.85. The lowest BCUT2D eigenvalue weighted by Crippen LogP contribution is -2.07. The van der Waals surface area contributed by atoms with E-state index in [4.69, 9.17) is 9.42 Å². The topological polar surface area (TPSA) is 90.1 Å². The van der Waals surface area contributed by atoms with Crippen LogP contribution in [0, 0.1) is 11.6 Å². The van der Waals surface area contributed by atoms with Gasteiger partial charge in [-0.3, -0.25) is 0 Å². The molecule has 7 nitrogen and oxygen atoms in total. The van der Waals surface area contributed by atoms with Crippen LogP contribution in [0.4, 0.5) is 8.78 Å². The number of rotatable bonds is 6. The maximum atomic E-state index is 13.4. The second-order valence-corrected chi connectivity index (χ2v) is 6.24. The van der Waals surface area contributed by atoms with Gasteiger partial charge in [-0.2, -0.15) is 0 Å². The molecule has 0 amide bonds. The number of hydrogen-bond donors (Lipinski definition) is 1. The smallest absolute Gasteiger partial charge is 0.229 e. The molecule has 1 heterocycles. The summed E-state index contributed by atoms with van der Waals surface area (Å²) in [7, 11) is -1.27. The van der Waals surface area contributed by atoms with Gasteiger partial charge in [0.2, 0.25) is 0 Å². The van der Waals surface area contributed by atoms with E-state index in [9.17, 15) is 13.3 Å². The van der Waals surface area contributed by atoms with E-state index in [2.05, 4.69) is 15.5 Å². The highest BCUT2D eigenvalue weighted by Crippen LogP contribution is 2.33. The van der Waals surface area contributed by atoms with Gasteiger partial charge in [0.05, 0.1) is 0 Å². The van der Waals surface area contributed by atoms with Crippen LogP contribution in [0.25, 0.3) is 11.1 Å². The van der Waals surface area contributed by atoms with E-state index < -0.39 is 19.9 Å². The highest BCUT2D eigenvalue weighted by molar-refractivity contribution is 7.32. The Balaban J connectivity index is 2.27. The molecular formula is C17H14F2N4O3P+. The molecule has 2 aromatic carbocycles. The van der Waals surface area contributed by atoms with Crippen molar-refractivity contribution in [3.05, 3.63) is 77.1 Å². The van der Waals surface area contributed by atoms with Gasteiger partial charge in [-0.15, -0.1) is 14.5 Å². The zero-order valence-corrected chi connectivity index (χ0v) is 15.0. The summed E-state index contributed by atoms with van der Waals surface area (Å²) in [5.41, 5.74) is 2.07. The van der Waals surface area contributed by atoms with Gasteiger partial charge in [0.15, 0.2) is 5.82 Å². The zero-order valence-electron chi connectivity index (χ0n) is 14.1. The molecule has 0 bridgehead atoms. The minimum atomic E-state index is -2.87. The van der Waals surface area contributed by atoms with E-state index in [-0.39, 0.29) is 12.4 Å². The van der Waals surface area contributed by atoms with Gasteiger partial charge in [-0.05, 0) is 51.4 Å². The first-order valence-electron chi connectivity index (χ1n) is 7.72. The van der Waals surface area contributed by atoms with Crippen molar-refractivity contribution in [1.82, 2.24) is 20.2 Å². The Hall–Kier alpha value is -2.87. The summed E-state index contributed by atoms with van der Waals surface area (Å²) in [6.07, 6.45) is 0. The Bertz CT molecular complexity index is 941. The number of benzene rings is 2. The SMILES string of the molecule is Cn1nnnc1C(CO[P+](=O)O)=C(c1ccc(F)cc1)c1ccc(F)cc1. The quantitative estimate of drug-likeness (QED) is 0.650. The fourth-order valence-electron chi connectivity index (χ4n) is 2.60. The van der Waals surface area contributed by atoms with Crippen molar-refractivity contribution in [2.24, 2.45) is 7.05 Å². The predicted octanol–water partition coefficient (Wildman–Crippen LogP) is 3.11. The van der Waals surface area contributed by atoms with Crippen LogP contribution >= 0.6 is 8.25 Å². The third-order valence-electron chi connectivity index (χ3n) is 3.78. The molecule has 0 spiro atoms. The van der Waals surface area contributed by atoms with E-state index >= 15 is 0 Å². The number of aryl methyl sites for hydroxylation is 1. The second kappa shape index (κ2) is 8.22. The molecular weight excluding hydrogens is 377 g/mol. The number of halogens is 2. The Labute approximate surface area is 153 Å². The summed E-state index contributed by atoms with van der Waals surface area (Å²) in [4.78, 5) is 9.07. The Morgan fingerprint density at radius 3 is 2.00 bits per heavy atom. The van der Waals surface area contributed by atoms with Crippen molar-refractivity contribution in [2.45, 2.75) is 0 Å². The van der Waals surface area contributed by atoms with Gasteiger partial charge in [0.25, 0.3) is 0 Å². The van der Waals surface area contributed by atoms with Gasteiger partial charge in [0.1, 0.15) is 18.2 Å². The van der Waals surface area contributed by atoms with E-state index in [0.29, 0.717) is 22.3 Å². The Kier molecular flexibility index (Phi) is 5.75. The van der Waals surface area contributed by atoms with Crippen molar-refractivity contribution >= 4 is 19.4 Å². The Morgan fingerprint density at radius 2 is 1.59 bits per heavy atom. The van der Waals surface area contributed by atoms with Gasteiger partial charge < -0.3 is 0 Å². The third kappa shape index (κ3) is 4.46. The van der Waals surface area contributed by atoms with Crippen LogP contribution in [0.2, 0.25) is 0 Å². The largest absolute Gasteiger partial charge is 0.695 e. The first kappa shape index (κ1) is 18.9. The van der Waals surface area contributed by atoms with Crippen LogP contribution in [0.15, 0.2) is 48.5 Å². The number of aromatic nitrogens is 4. The van der Waals surface area contributed by atoms with E-state index in [0.717, 1.165) is 0 Å². The summed E-state index contributed by atoms with van der Waals surface area (Å²) in [5.74, 6) is -0.557. The minimum absolute atomic E-state index is 0.287. The monoisotopic (exact) mass is 391 g/mol. The summed E-state index contributed by atoms with van der Waals surface area (Å²) in [5, 5.41) is 11.3. The molecule has 1 atom stereocenters. The molecule has 1 unspecified atom stereocenters. The molecule has 0 saturated carbocycles. The Morgan fingerprint density at radius 1 is 1.07 bits per heavy atom. The van der Waals surface area contributed by atoms with Crippen LogP contribution in [0.3, 0.4) is 0 Å². The molecule has 0 aliphatic rings. The van der Waals surface area contributed by atoms with Crippen LogP contribution in [-0.4, -0.2) is 31.7 Å². The minimum Gasteiger partial charge on any atom is -0.229 e. The lowest BCUT2D eigenvalue weighted by atomic mass is 9.92. The van der Waals surface area contributed by atoms with Crippen LogP contribution < -0.4 is 0 Å². The van der Waals surface area contributed by atoms with Gasteiger partial charge in [0, 0.05) is 17.2 Å². The molecule has 3 aromatic rings. The summed E-state index contributed by atoms with van der Waals surface area (Å²) in [6.45, 7) is -0.288. The molecule has 0 fully saturated rings. The van der Waals surface area contributed by atoms with Crippen molar-refractivity contribution in [3.8, 4) is 0 Å². The molecule has 1 N–H and O–H groups in total. The molecule has 10 heteroatoms. The molecule has 3 rings (SSSR count). The van der Waals surface area contributed by atoms with Crippen LogP contribution in [0.1, 0.15) is 17.0 Å². The highest BCUT2D eigenvalue weighted by Gasteiger charge is 2.23. The standard InChI is InChI=1S/C17H13F2N4O3P/c1-23-17(20-21-22-23)15(10-26-27(24)25)16(11-2-6-13(18)7-3-11)12-4-8-14(19)9-5-12/h2-9H,10H2,1H3/p+1. The molecule has 27 heavy (non-hydrogen) atoms. The van der Waals surface area contributed by atoms with Crippen LogP contribution in [-0.2, 0) is 16.1 Å². The van der Waals surface area contributed by atoms with Crippen molar-refractivity contribution in [2.75, 3.05) is 6.61 Å². The summed E-state index contributed by atoms with van der Waals surface area (Å²) < 4.78 is 44.2. The molecule has 0 radical (unpaired) electrons. The molecule has 0 aliphatic carbocycles. The average molecular weight is 391 g/mol. The van der Waals surface area contributed by atoms with Crippen LogP contribution in [0.5, 0.6) is 0 Å². The van der Waals surface area contributed by atoms with E-state index in [1.165, 1.54) is 53.2 Å². The van der Waals surface area contributed by atoms with Gasteiger partial charge >= 0.3 is 8.25 Å². The highest BCUT2D eigenvalue weighted by atomic mass is 31.1. The molecule has 1 aromatic heterocycles. The molecule has 138 valence electrons. The van der Waals surface area contributed by atoms with E-state index in [1.54, 1.807) is 7.05 Å². The normalized spacial score (nSPS) is 11.3. The maximum Gasteiger partial charge on any atom is 0.695 e. The average Bonchev–Trinajstić information content (AvgIpc) is 3.06. The van der Waals surface area contributed by atoms with Crippen molar-refractivity contribution in [3.63, 3.8) is 0 Å². The number of tetrazole rings is 1. The molecule has 0 aliphatic heterocycles. The predicted molar refractivity (Wildman–Crippen MR) is 93.3 cm³/mol. The lowest BCUT2D eigenvalue weighted by molar-refractivity contribution is 0.316. The summed E-state index contributed by atoms with van der Waals surface area (Å²) in [6, 6.07) is 11.3. The number of nitrogens with zero attached hydrogens (tertiary/aromatic N) is 4. The summed E-state index contributed by atoms with van der Waals surface area (Å²) >= 11 is 0. The maximum absolute atomic E-state index is 13.4. The van der Waals surface area contributed by atoms with E-state index in [1.807, 2.05) is 0 Å². The fourth-order valence-corrected chi connectivity index (χ4v) is 2.84. The fraction of sp³-hybridized carbons (Fsp3) is 0.118. The number of hydrogen-bond acceptors (Lipinski definition) is 5. The second-order valence-electron chi connectivity index (χ2n) is 5.50. The lowest BCUT2D eigenvalue weighted by Gasteiger charge is -2.14. The first-order chi connectivity index (χ1) is 13.0. The third-order valence-corrected chi connectivity index (χ3v) is 4.13. The van der Waals surface area contributed by atoms with Crippen molar-refractivity contribution < 1.29 is 22.8 Å². The molecule has 0 saturated heterocycles. The zero-order chi connectivity index (χ0) is 19.4. The van der Waals surface area contributed by atoms with Gasteiger partial charge in [-0.25, -0.2) is 13.5 Å². The van der Waals surface area contributed by atoms with Crippen molar-refractivity contribution in [1.29, 1.82) is 0 Å². The van der Waals surface area contributed by atoms with Gasteiger partial charge in [-0.1, -0.05) is 24.3 Å².